The monoisotopic (exact) mass is 408 g/mol. The molecule has 0 bridgehead atoms. The van der Waals surface area contributed by atoms with Gasteiger partial charge >= 0.3 is 7.32 Å². The van der Waals surface area contributed by atoms with Gasteiger partial charge in [0.15, 0.2) is 0 Å². The quantitative estimate of drug-likeness (QED) is 0.508. The molecule has 0 fully saturated rings. The van der Waals surface area contributed by atoms with Crippen LogP contribution < -0.4 is 14.7 Å². The number of aryl methyl sites for hydroxylation is 2. The van der Waals surface area contributed by atoms with E-state index < -0.39 is 13.2 Å². The molecule has 3 aromatic rings. The second-order valence-corrected chi connectivity index (χ2v) is 6.63. The molecule has 9 nitrogen and oxygen atoms in total. The molecule has 0 unspecified atom stereocenters. The summed E-state index contributed by atoms with van der Waals surface area (Å²) in [7, 11) is -2.04. The van der Waals surface area contributed by atoms with Crippen LogP contribution in [0.1, 0.15) is 40.4 Å². The van der Waals surface area contributed by atoms with Gasteiger partial charge in [-0.25, -0.2) is 9.97 Å². The summed E-state index contributed by atoms with van der Waals surface area (Å²) in [6.45, 7) is 5.41. The molecule has 0 aliphatic rings. The number of benzene rings is 1. The van der Waals surface area contributed by atoms with Gasteiger partial charge in [-0.3, -0.25) is 9.78 Å². The van der Waals surface area contributed by atoms with E-state index in [0.29, 0.717) is 11.6 Å². The first-order valence-corrected chi connectivity index (χ1v) is 9.18. The molecule has 0 aliphatic heterocycles. The maximum atomic E-state index is 12.8. The molecule has 0 radical (unpaired) electrons. The summed E-state index contributed by atoms with van der Waals surface area (Å²) >= 11 is 0. The van der Waals surface area contributed by atoms with Crippen LogP contribution in [0.5, 0.6) is 17.2 Å². The van der Waals surface area contributed by atoms with Crippen LogP contribution in [0.4, 0.5) is 0 Å². The second kappa shape index (κ2) is 9.34. The number of amides is 1. The van der Waals surface area contributed by atoms with E-state index in [-0.39, 0.29) is 23.1 Å². The van der Waals surface area contributed by atoms with Crippen molar-refractivity contribution in [3.05, 3.63) is 71.6 Å². The summed E-state index contributed by atoms with van der Waals surface area (Å²) in [5.41, 5.74) is 1.72. The second-order valence-electron chi connectivity index (χ2n) is 6.63. The Hall–Kier alpha value is -3.50. The largest absolute Gasteiger partial charge is 0.707 e. The smallest absolute Gasteiger partial charge is 0.512 e. The van der Waals surface area contributed by atoms with Crippen LogP contribution >= 0.6 is 0 Å². The summed E-state index contributed by atoms with van der Waals surface area (Å²) < 4.78 is 10.7. The molecule has 2 aromatic heterocycles. The zero-order valence-electron chi connectivity index (χ0n) is 16.7. The standard InChI is InChI=1S/C20H21BN4O5/c1-12-6-17(4-5-22-12)29-18-7-15(8-19(9-18)30-21(27)28)20(26)25-13(2)16-10-23-14(3)24-11-16/h4-11,13,27-28H,1-3H3,(H,25,26)/t13-/m1/s1. The van der Waals surface area contributed by atoms with Gasteiger partial charge in [-0.15, -0.1) is 0 Å². The van der Waals surface area contributed by atoms with E-state index in [2.05, 4.69) is 20.3 Å². The molecule has 0 saturated carbocycles. The zero-order valence-corrected chi connectivity index (χ0v) is 16.7. The maximum absolute atomic E-state index is 12.8. The molecule has 30 heavy (non-hydrogen) atoms. The average Bonchev–Trinajstić information content (AvgIpc) is 2.67. The highest BCUT2D eigenvalue weighted by Gasteiger charge is 2.18. The Labute approximate surface area is 173 Å². The van der Waals surface area contributed by atoms with Gasteiger partial charge in [0.05, 0.1) is 6.04 Å². The van der Waals surface area contributed by atoms with Crippen molar-refractivity contribution < 1.29 is 24.2 Å². The van der Waals surface area contributed by atoms with Crippen LogP contribution in [0.2, 0.25) is 0 Å². The van der Waals surface area contributed by atoms with Crippen molar-refractivity contribution in [3.8, 4) is 17.2 Å². The first-order chi connectivity index (χ1) is 14.3. The van der Waals surface area contributed by atoms with E-state index >= 15 is 0 Å². The Morgan fingerprint density at radius 2 is 1.73 bits per heavy atom. The van der Waals surface area contributed by atoms with Crippen molar-refractivity contribution in [1.82, 2.24) is 20.3 Å². The summed E-state index contributed by atoms with van der Waals surface area (Å²) in [5.74, 6) is 1.09. The first-order valence-electron chi connectivity index (χ1n) is 9.18. The van der Waals surface area contributed by atoms with E-state index in [1.165, 1.54) is 18.2 Å². The predicted octanol–water partition coefficient (Wildman–Crippen LogP) is 2.12. The lowest BCUT2D eigenvalue weighted by Gasteiger charge is -2.16. The van der Waals surface area contributed by atoms with E-state index in [4.69, 9.17) is 19.4 Å². The average molecular weight is 408 g/mol. The third-order valence-corrected chi connectivity index (χ3v) is 4.14. The van der Waals surface area contributed by atoms with E-state index in [1.54, 1.807) is 44.6 Å². The minimum absolute atomic E-state index is 0.0600. The van der Waals surface area contributed by atoms with Crippen LogP contribution in [0.3, 0.4) is 0 Å². The molecule has 1 atom stereocenters. The van der Waals surface area contributed by atoms with E-state index in [0.717, 1.165) is 11.3 Å². The van der Waals surface area contributed by atoms with Gasteiger partial charge in [0.25, 0.3) is 5.91 Å². The summed E-state index contributed by atoms with van der Waals surface area (Å²) in [6.07, 6.45) is 4.89. The maximum Gasteiger partial charge on any atom is 0.707 e. The molecule has 10 heteroatoms. The number of hydrogen-bond acceptors (Lipinski definition) is 8. The Bertz CT molecular complexity index is 1030. The minimum Gasteiger partial charge on any atom is -0.512 e. The zero-order chi connectivity index (χ0) is 21.7. The Morgan fingerprint density at radius 3 is 2.40 bits per heavy atom. The van der Waals surface area contributed by atoms with Crippen LogP contribution in [-0.2, 0) is 0 Å². The number of pyridine rings is 1. The summed E-state index contributed by atoms with van der Waals surface area (Å²) in [6, 6.07) is 7.41. The lowest BCUT2D eigenvalue weighted by molar-refractivity contribution is 0.0939. The van der Waals surface area contributed by atoms with Crippen molar-refractivity contribution in [2.45, 2.75) is 26.8 Å². The normalized spacial score (nSPS) is 11.5. The van der Waals surface area contributed by atoms with Crippen LogP contribution in [0.25, 0.3) is 0 Å². The van der Waals surface area contributed by atoms with Gasteiger partial charge in [-0.1, -0.05) is 0 Å². The fraction of sp³-hybridized carbons (Fsp3) is 0.200. The van der Waals surface area contributed by atoms with E-state index in [9.17, 15) is 4.79 Å². The predicted molar refractivity (Wildman–Crippen MR) is 109 cm³/mol. The van der Waals surface area contributed by atoms with Gasteiger partial charge < -0.3 is 24.8 Å². The lowest BCUT2D eigenvalue weighted by Crippen LogP contribution is -2.27. The molecule has 0 spiro atoms. The molecule has 154 valence electrons. The fourth-order valence-electron chi connectivity index (χ4n) is 2.66. The third-order valence-electron chi connectivity index (χ3n) is 4.14. The molecule has 3 N–H and O–H groups in total. The van der Waals surface area contributed by atoms with Gasteiger partial charge in [0.1, 0.15) is 23.1 Å². The fourth-order valence-corrected chi connectivity index (χ4v) is 2.66. The number of hydrogen-bond donors (Lipinski definition) is 3. The van der Waals surface area contributed by atoms with Gasteiger partial charge in [0, 0.05) is 47.5 Å². The minimum atomic E-state index is -2.04. The molecule has 1 amide bonds. The number of rotatable bonds is 7. The molecular formula is C20H21BN4O5. The summed E-state index contributed by atoms with van der Waals surface area (Å²) in [5, 5.41) is 21.1. The van der Waals surface area contributed by atoms with Crippen LogP contribution in [-0.4, -0.2) is 38.2 Å². The number of nitrogens with one attached hydrogen (secondary N) is 1. The van der Waals surface area contributed by atoms with Gasteiger partial charge in [-0.05, 0) is 39.0 Å². The third kappa shape index (κ3) is 5.75. The Balaban J connectivity index is 1.84. The number of carbonyl (C=O) groups is 1. The van der Waals surface area contributed by atoms with Gasteiger partial charge in [0.2, 0.25) is 0 Å². The highest BCUT2D eigenvalue weighted by Crippen LogP contribution is 2.28. The highest BCUT2D eigenvalue weighted by atomic mass is 16.6. The van der Waals surface area contributed by atoms with E-state index in [1.807, 2.05) is 6.92 Å². The number of nitrogens with zero attached hydrogens (tertiary/aromatic N) is 3. The summed E-state index contributed by atoms with van der Waals surface area (Å²) in [4.78, 5) is 25.2. The Morgan fingerprint density at radius 1 is 1.03 bits per heavy atom. The molecule has 1 aromatic carbocycles. The molecule has 2 heterocycles. The van der Waals surface area contributed by atoms with Crippen molar-refractivity contribution in [1.29, 1.82) is 0 Å². The topological polar surface area (TPSA) is 127 Å². The molecule has 3 rings (SSSR count). The van der Waals surface area contributed by atoms with Crippen molar-refractivity contribution >= 4 is 13.2 Å². The molecule has 0 aliphatic carbocycles. The molecule has 0 saturated heterocycles. The van der Waals surface area contributed by atoms with Crippen LogP contribution in [0.15, 0.2) is 48.9 Å². The van der Waals surface area contributed by atoms with Crippen molar-refractivity contribution in [2.75, 3.05) is 0 Å². The number of ether oxygens (including phenoxy) is 1. The SMILES string of the molecule is Cc1cc(Oc2cc(OB(O)O)cc(C(=O)N[C@H](C)c3cnc(C)nc3)c2)ccn1. The highest BCUT2D eigenvalue weighted by molar-refractivity contribution is 6.33. The number of carbonyl (C=O) groups excluding carboxylic acids is 1. The van der Waals surface area contributed by atoms with Gasteiger partial charge in [-0.2, -0.15) is 0 Å². The van der Waals surface area contributed by atoms with Crippen LogP contribution in [0, 0.1) is 13.8 Å². The first kappa shape index (κ1) is 21.2. The van der Waals surface area contributed by atoms with Crippen molar-refractivity contribution in [3.63, 3.8) is 0 Å². The lowest BCUT2D eigenvalue weighted by atomic mass is 10.1. The number of aromatic nitrogens is 3. The molecular weight excluding hydrogens is 387 g/mol. The Kier molecular flexibility index (Phi) is 6.60. The van der Waals surface area contributed by atoms with Crippen molar-refractivity contribution in [2.24, 2.45) is 0 Å².